The first-order chi connectivity index (χ1) is 5.29. The highest BCUT2D eigenvalue weighted by Crippen LogP contribution is 1.96. The predicted molar refractivity (Wildman–Crippen MR) is 39.0 cm³/mol. The number of rotatable bonds is 1. The first-order valence-corrected chi connectivity index (χ1v) is 3.26. The van der Waals surface area contributed by atoms with Crippen molar-refractivity contribution in [3.05, 3.63) is 27.9 Å². The molecular weight excluding hydrogens is 142 g/mol. The molecule has 0 saturated heterocycles. The van der Waals surface area contributed by atoms with E-state index < -0.39 is 0 Å². The Morgan fingerprint density at radius 3 is 3.00 bits per heavy atom. The summed E-state index contributed by atoms with van der Waals surface area (Å²) in [6.07, 6.45) is 1.91. The number of aromatic amines is 1. The molecule has 0 bridgehead atoms. The topological polar surface area (TPSA) is 69.5 Å². The van der Waals surface area contributed by atoms with Crippen LogP contribution in [0.3, 0.4) is 0 Å². The molecule has 0 aromatic carbocycles. The third-order valence-corrected chi connectivity index (χ3v) is 1.38. The van der Waals surface area contributed by atoms with Gasteiger partial charge in [-0.05, 0) is 6.42 Å². The van der Waals surface area contributed by atoms with Crippen LogP contribution in [0.25, 0.3) is 0 Å². The van der Waals surface area contributed by atoms with Gasteiger partial charge in [-0.2, -0.15) is 5.26 Å². The van der Waals surface area contributed by atoms with Crippen molar-refractivity contribution in [2.75, 3.05) is 0 Å². The van der Waals surface area contributed by atoms with E-state index in [1.807, 2.05) is 13.0 Å². The first-order valence-electron chi connectivity index (χ1n) is 3.26. The summed E-state index contributed by atoms with van der Waals surface area (Å²) in [7, 11) is 0. The number of hydrogen-bond acceptors (Lipinski definition) is 3. The molecule has 4 nitrogen and oxygen atoms in total. The van der Waals surface area contributed by atoms with Gasteiger partial charge in [-0.1, -0.05) is 6.92 Å². The molecule has 0 aliphatic rings. The highest BCUT2D eigenvalue weighted by atomic mass is 16.1. The second kappa shape index (κ2) is 2.97. The van der Waals surface area contributed by atoms with Gasteiger partial charge in [0.15, 0.2) is 0 Å². The fourth-order valence-corrected chi connectivity index (χ4v) is 0.820. The van der Waals surface area contributed by atoms with Gasteiger partial charge in [-0.3, -0.25) is 4.79 Å². The van der Waals surface area contributed by atoms with E-state index in [4.69, 9.17) is 5.26 Å². The molecule has 0 amide bonds. The van der Waals surface area contributed by atoms with Crippen LogP contribution < -0.4 is 5.56 Å². The van der Waals surface area contributed by atoms with Crippen molar-refractivity contribution < 1.29 is 0 Å². The average molecular weight is 149 g/mol. The van der Waals surface area contributed by atoms with Gasteiger partial charge < -0.3 is 4.98 Å². The quantitative estimate of drug-likeness (QED) is 0.620. The molecule has 0 aliphatic heterocycles. The maximum atomic E-state index is 10.9. The molecule has 1 N–H and O–H groups in total. The largest absolute Gasteiger partial charge is 0.312 e. The number of hydrogen-bond donors (Lipinski definition) is 1. The first kappa shape index (κ1) is 7.48. The van der Waals surface area contributed by atoms with Gasteiger partial charge in [-0.15, -0.1) is 0 Å². The van der Waals surface area contributed by atoms with Crippen LogP contribution in [0.2, 0.25) is 0 Å². The standard InChI is InChI=1S/C7H7N3O/c1-2-6-5(3-8)7(11)10-4-9-6/h4H,2H2,1H3,(H,9,10,11). The van der Waals surface area contributed by atoms with Crippen LogP contribution >= 0.6 is 0 Å². The Labute approximate surface area is 63.5 Å². The molecule has 0 saturated carbocycles. The van der Waals surface area contributed by atoms with Crippen molar-refractivity contribution in [1.82, 2.24) is 9.97 Å². The van der Waals surface area contributed by atoms with E-state index in [1.165, 1.54) is 6.33 Å². The lowest BCUT2D eigenvalue weighted by molar-refractivity contribution is 0.966. The Hall–Kier alpha value is -1.63. The van der Waals surface area contributed by atoms with Crippen LogP contribution in [0, 0.1) is 11.3 Å². The van der Waals surface area contributed by atoms with Crippen molar-refractivity contribution in [2.45, 2.75) is 13.3 Å². The van der Waals surface area contributed by atoms with Crippen molar-refractivity contribution in [1.29, 1.82) is 5.26 Å². The maximum Gasteiger partial charge on any atom is 0.268 e. The van der Waals surface area contributed by atoms with Crippen molar-refractivity contribution >= 4 is 0 Å². The Morgan fingerprint density at radius 1 is 1.82 bits per heavy atom. The van der Waals surface area contributed by atoms with Gasteiger partial charge in [0.05, 0.1) is 12.0 Å². The lowest BCUT2D eigenvalue weighted by atomic mass is 10.2. The second-order valence-electron chi connectivity index (χ2n) is 2.02. The van der Waals surface area contributed by atoms with Gasteiger partial charge in [0, 0.05) is 0 Å². The smallest absolute Gasteiger partial charge is 0.268 e. The zero-order chi connectivity index (χ0) is 8.27. The monoisotopic (exact) mass is 149 g/mol. The summed E-state index contributed by atoms with van der Waals surface area (Å²) in [4.78, 5) is 17.1. The molecular formula is C7H7N3O. The van der Waals surface area contributed by atoms with Gasteiger partial charge >= 0.3 is 0 Å². The van der Waals surface area contributed by atoms with Gasteiger partial charge in [0.1, 0.15) is 11.6 Å². The SMILES string of the molecule is CCc1nc[nH]c(=O)c1C#N. The number of nitrogens with one attached hydrogen (secondary N) is 1. The summed E-state index contributed by atoms with van der Waals surface area (Å²) in [5.74, 6) is 0. The molecule has 0 atom stereocenters. The van der Waals surface area contributed by atoms with E-state index in [0.717, 1.165) is 0 Å². The molecule has 0 fully saturated rings. The minimum absolute atomic E-state index is 0.120. The maximum absolute atomic E-state index is 10.9. The number of aromatic nitrogens is 2. The number of nitriles is 1. The Bertz CT molecular complexity index is 347. The molecule has 0 spiro atoms. The van der Waals surface area contributed by atoms with Crippen LogP contribution in [0.15, 0.2) is 11.1 Å². The number of H-pyrrole nitrogens is 1. The highest BCUT2D eigenvalue weighted by molar-refractivity contribution is 5.29. The lowest BCUT2D eigenvalue weighted by Crippen LogP contribution is -2.13. The van der Waals surface area contributed by atoms with E-state index >= 15 is 0 Å². The number of aryl methyl sites for hydroxylation is 1. The average Bonchev–Trinajstić information content (AvgIpc) is 2.04. The van der Waals surface area contributed by atoms with Crippen LogP contribution in [-0.2, 0) is 6.42 Å². The fraction of sp³-hybridized carbons (Fsp3) is 0.286. The van der Waals surface area contributed by atoms with Crippen LogP contribution in [0.1, 0.15) is 18.2 Å². The van der Waals surface area contributed by atoms with Gasteiger partial charge in [0.25, 0.3) is 5.56 Å². The summed E-state index contributed by atoms with van der Waals surface area (Å²) in [6.45, 7) is 1.85. The Morgan fingerprint density at radius 2 is 2.55 bits per heavy atom. The molecule has 11 heavy (non-hydrogen) atoms. The van der Waals surface area contributed by atoms with Crippen molar-refractivity contribution in [3.63, 3.8) is 0 Å². The molecule has 1 rings (SSSR count). The minimum Gasteiger partial charge on any atom is -0.312 e. The minimum atomic E-state index is -0.362. The van der Waals surface area contributed by atoms with E-state index in [2.05, 4.69) is 9.97 Å². The Balaban J connectivity index is 3.40. The molecule has 1 aromatic rings. The normalized spacial score (nSPS) is 9.09. The molecule has 0 aliphatic carbocycles. The summed E-state index contributed by atoms with van der Waals surface area (Å²) in [6, 6.07) is 1.81. The van der Waals surface area contributed by atoms with Crippen LogP contribution in [-0.4, -0.2) is 9.97 Å². The van der Waals surface area contributed by atoms with Gasteiger partial charge in [0.2, 0.25) is 0 Å². The molecule has 0 unspecified atom stereocenters. The summed E-state index contributed by atoms with van der Waals surface area (Å²) < 4.78 is 0. The highest BCUT2D eigenvalue weighted by Gasteiger charge is 2.03. The Kier molecular flexibility index (Phi) is 2.02. The number of nitrogens with zero attached hydrogens (tertiary/aromatic N) is 2. The second-order valence-corrected chi connectivity index (χ2v) is 2.02. The summed E-state index contributed by atoms with van der Waals surface area (Å²) in [5, 5.41) is 8.52. The van der Waals surface area contributed by atoms with E-state index in [0.29, 0.717) is 12.1 Å². The predicted octanol–water partition coefficient (Wildman–Crippen LogP) is 0.204. The van der Waals surface area contributed by atoms with Crippen molar-refractivity contribution in [2.24, 2.45) is 0 Å². The molecule has 56 valence electrons. The summed E-state index contributed by atoms with van der Waals surface area (Å²) in [5.41, 5.74) is 0.311. The van der Waals surface area contributed by atoms with E-state index in [1.54, 1.807) is 0 Å². The van der Waals surface area contributed by atoms with Crippen LogP contribution in [0.5, 0.6) is 0 Å². The molecule has 0 radical (unpaired) electrons. The zero-order valence-electron chi connectivity index (χ0n) is 6.09. The lowest BCUT2D eigenvalue weighted by Gasteiger charge is -1.94. The molecule has 4 heteroatoms. The molecule has 1 heterocycles. The van der Waals surface area contributed by atoms with Crippen LogP contribution in [0.4, 0.5) is 0 Å². The fourth-order valence-electron chi connectivity index (χ4n) is 0.820. The third kappa shape index (κ3) is 1.27. The molecule has 1 aromatic heterocycles. The van der Waals surface area contributed by atoms with E-state index in [-0.39, 0.29) is 11.1 Å². The van der Waals surface area contributed by atoms with Crippen molar-refractivity contribution in [3.8, 4) is 6.07 Å². The van der Waals surface area contributed by atoms with E-state index in [9.17, 15) is 4.79 Å². The third-order valence-electron chi connectivity index (χ3n) is 1.38. The zero-order valence-corrected chi connectivity index (χ0v) is 6.09. The summed E-state index contributed by atoms with van der Waals surface area (Å²) >= 11 is 0. The van der Waals surface area contributed by atoms with Gasteiger partial charge in [-0.25, -0.2) is 4.98 Å².